The van der Waals surface area contributed by atoms with Gasteiger partial charge in [-0.15, -0.1) is 0 Å². The molecule has 0 aliphatic heterocycles. The lowest BCUT2D eigenvalue weighted by molar-refractivity contribution is -0.121. The molecule has 1 heterocycles. The summed E-state index contributed by atoms with van der Waals surface area (Å²) in [5.41, 5.74) is 1.79. The number of rotatable bonds is 8. The van der Waals surface area contributed by atoms with Gasteiger partial charge in [-0.05, 0) is 37.1 Å². The van der Waals surface area contributed by atoms with E-state index in [4.69, 9.17) is 0 Å². The molecule has 0 fully saturated rings. The summed E-state index contributed by atoms with van der Waals surface area (Å²) in [4.78, 5) is 23.5. The predicted molar refractivity (Wildman–Crippen MR) is 97.3 cm³/mol. The number of nitrogens with one attached hydrogen (secondary N) is 3. The van der Waals surface area contributed by atoms with E-state index in [9.17, 15) is 9.59 Å². The van der Waals surface area contributed by atoms with Crippen LogP contribution in [0.4, 0.5) is 10.5 Å². The Morgan fingerprint density at radius 3 is 2.64 bits per heavy atom. The van der Waals surface area contributed by atoms with Crippen molar-refractivity contribution in [1.82, 2.24) is 20.4 Å². The third kappa shape index (κ3) is 6.66. The second kappa shape index (κ2) is 9.46. The maximum atomic E-state index is 11.8. The van der Waals surface area contributed by atoms with Gasteiger partial charge < -0.3 is 16.0 Å². The van der Waals surface area contributed by atoms with Gasteiger partial charge in [0.15, 0.2) is 0 Å². The quantitative estimate of drug-likeness (QED) is 0.687. The Morgan fingerprint density at radius 2 is 2.00 bits per heavy atom. The smallest absolute Gasteiger partial charge is 0.319 e. The van der Waals surface area contributed by atoms with Crippen LogP contribution in [0.5, 0.6) is 0 Å². The number of hydrogen-bond acceptors (Lipinski definition) is 3. The number of hydrogen-bond donors (Lipinski definition) is 3. The molecule has 0 aliphatic rings. The fraction of sp³-hybridized carbons (Fsp3) is 0.389. The first kappa shape index (κ1) is 18.5. The summed E-state index contributed by atoms with van der Waals surface area (Å²) < 4.78 is 1.83. The zero-order chi connectivity index (χ0) is 18.1. The number of urea groups is 1. The normalized spacial score (nSPS) is 11.6. The third-order valence-corrected chi connectivity index (χ3v) is 3.77. The van der Waals surface area contributed by atoms with Crippen LogP contribution in [0.25, 0.3) is 0 Å². The van der Waals surface area contributed by atoms with E-state index in [0.29, 0.717) is 18.8 Å². The number of nitrogens with zero attached hydrogens (tertiary/aromatic N) is 2. The molecule has 3 amide bonds. The number of aromatic nitrogens is 2. The van der Waals surface area contributed by atoms with Crippen LogP contribution in [0.3, 0.4) is 0 Å². The second-order valence-electron chi connectivity index (χ2n) is 5.91. The number of anilines is 1. The standard InChI is InChI=1S/C18H25N5O2/c1-3-14(2)21-17(24)9-11-19-18(25)22-16-7-5-15(6-8-16)13-23-12-4-10-20-23/h4-8,10,12,14H,3,9,11,13H2,1-2H3,(H,21,24)(H2,19,22,25). The largest absolute Gasteiger partial charge is 0.354 e. The van der Waals surface area contributed by atoms with Gasteiger partial charge in [0.1, 0.15) is 0 Å². The molecule has 0 spiro atoms. The molecular formula is C18H25N5O2. The second-order valence-corrected chi connectivity index (χ2v) is 5.91. The first-order chi connectivity index (χ1) is 12.1. The van der Waals surface area contributed by atoms with Crippen molar-refractivity contribution in [1.29, 1.82) is 0 Å². The fourth-order valence-electron chi connectivity index (χ4n) is 2.19. The lowest BCUT2D eigenvalue weighted by Crippen LogP contribution is -2.36. The molecule has 0 saturated heterocycles. The van der Waals surface area contributed by atoms with E-state index in [1.54, 1.807) is 6.20 Å². The molecule has 7 heteroatoms. The Bertz CT molecular complexity index is 667. The summed E-state index contributed by atoms with van der Waals surface area (Å²) >= 11 is 0. The van der Waals surface area contributed by atoms with Gasteiger partial charge in [-0.25, -0.2) is 4.79 Å². The molecule has 1 atom stereocenters. The molecule has 1 aromatic heterocycles. The molecule has 0 bridgehead atoms. The number of carbonyl (C=O) groups excluding carboxylic acids is 2. The van der Waals surface area contributed by atoms with Gasteiger partial charge >= 0.3 is 6.03 Å². The Kier molecular flexibility index (Phi) is 7.00. The maximum Gasteiger partial charge on any atom is 0.319 e. The molecule has 3 N–H and O–H groups in total. The van der Waals surface area contributed by atoms with Crippen LogP contribution in [0.2, 0.25) is 0 Å². The van der Waals surface area contributed by atoms with Gasteiger partial charge in [-0.3, -0.25) is 9.48 Å². The predicted octanol–water partition coefficient (Wildman–Crippen LogP) is 2.36. The number of carbonyl (C=O) groups is 2. The molecule has 134 valence electrons. The molecule has 7 nitrogen and oxygen atoms in total. The van der Waals surface area contributed by atoms with Crippen molar-refractivity contribution in [2.45, 2.75) is 39.3 Å². The van der Waals surface area contributed by atoms with Crippen LogP contribution in [0, 0.1) is 0 Å². The van der Waals surface area contributed by atoms with Crippen LogP contribution in [0.15, 0.2) is 42.7 Å². The Labute approximate surface area is 147 Å². The van der Waals surface area contributed by atoms with E-state index in [0.717, 1.165) is 12.0 Å². The summed E-state index contributed by atoms with van der Waals surface area (Å²) in [5, 5.41) is 12.4. The summed E-state index contributed by atoms with van der Waals surface area (Å²) in [6, 6.07) is 9.27. The average molecular weight is 343 g/mol. The van der Waals surface area contributed by atoms with Crippen molar-refractivity contribution < 1.29 is 9.59 Å². The fourth-order valence-corrected chi connectivity index (χ4v) is 2.19. The molecule has 0 saturated carbocycles. The summed E-state index contributed by atoms with van der Waals surface area (Å²) in [6.07, 6.45) is 4.79. The molecule has 25 heavy (non-hydrogen) atoms. The minimum absolute atomic E-state index is 0.0578. The van der Waals surface area contributed by atoms with Crippen molar-refractivity contribution in [3.63, 3.8) is 0 Å². The van der Waals surface area contributed by atoms with Crippen LogP contribution < -0.4 is 16.0 Å². The summed E-state index contributed by atoms with van der Waals surface area (Å²) in [6.45, 7) is 4.95. The SMILES string of the molecule is CCC(C)NC(=O)CCNC(=O)Nc1ccc(Cn2cccn2)cc1. The van der Waals surface area contributed by atoms with Crippen molar-refractivity contribution in [3.05, 3.63) is 48.3 Å². The lowest BCUT2D eigenvalue weighted by Gasteiger charge is -2.12. The first-order valence-corrected chi connectivity index (χ1v) is 8.47. The van der Waals surface area contributed by atoms with Gasteiger partial charge in [0.05, 0.1) is 6.54 Å². The van der Waals surface area contributed by atoms with Crippen LogP contribution in [0.1, 0.15) is 32.3 Å². The summed E-state index contributed by atoms with van der Waals surface area (Å²) in [5.74, 6) is -0.0578. The molecule has 2 rings (SSSR count). The van der Waals surface area contributed by atoms with E-state index in [-0.39, 0.29) is 24.4 Å². The molecule has 0 aliphatic carbocycles. The molecule has 1 aromatic carbocycles. The number of benzene rings is 1. The highest BCUT2D eigenvalue weighted by Crippen LogP contribution is 2.10. The highest BCUT2D eigenvalue weighted by Gasteiger charge is 2.07. The zero-order valence-electron chi connectivity index (χ0n) is 14.7. The molecule has 1 unspecified atom stereocenters. The van der Waals surface area contributed by atoms with Crippen LogP contribution in [-0.4, -0.2) is 34.3 Å². The van der Waals surface area contributed by atoms with Crippen molar-refractivity contribution in [2.24, 2.45) is 0 Å². The minimum atomic E-state index is -0.323. The average Bonchev–Trinajstić information content (AvgIpc) is 3.09. The monoisotopic (exact) mass is 343 g/mol. The lowest BCUT2D eigenvalue weighted by atomic mass is 10.2. The van der Waals surface area contributed by atoms with Crippen molar-refractivity contribution in [3.8, 4) is 0 Å². The highest BCUT2D eigenvalue weighted by molar-refractivity contribution is 5.89. The van der Waals surface area contributed by atoms with E-state index >= 15 is 0 Å². The zero-order valence-corrected chi connectivity index (χ0v) is 14.7. The van der Waals surface area contributed by atoms with Gasteiger partial charge in [-0.1, -0.05) is 19.1 Å². The third-order valence-electron chi connectivity index (χ3n) is 3.77. The summed E-state index contributed by atoms with van der Waals surface area (Å²) in [7, 11) is 0. The van der Waals surface area contributed by atoms with E-state index in [1.807, 2.05) is 55.1 Å². The van der Waals surface area contributed by atoms with Crippen molar-refractivity contribution >= 4 is 17.6 Å². The van der Waals surface area contributed by atoms with E-state index < -0.39 is 0 Å². The van der Waals surface area contributed by atoms with Gasteiger partial charge in [0.2, 0.25) is 5.91 Å². The Hall–Kier alpha value is -2.83. The van der Waals surface area contributed by atoms with E-state index in [2.05, 4.69) is 21.0 Å². The van der Waals surface area contributed by atoms with Gasteiger partial charge in [0.25, 0.3) is 0 Å². The molecule has 2 aromatic rings. The van der Waals surface area contributed by atoms with Gasteiger partial charge in [-0.2, -0.15) is 5.10 Å². The maximum absolute atomic E-state index is 11.8. The Balaban J connectivity index is 1.70. The van der Waals surface area contributed by atoms with Gasteiger partial charge in [0, 0.05) is 37.1 Å². The Morgan fingerprint density at radius 1 is 1.24 bits per heavy atom. The molecule has 0 radical (unpaired) electrons. The minimum Gasteiger partial charge on any atom is -0.354 e. The highest BCUT2D eigenvalue weighted by atomic mass is 16.2. The molecular weight excluding hydrogens is 318 g/mol. The van der Waals surface area contributed by atoms with Crippen LogP contribution >= 0.6 is 0 Å². The topological polar surface area (TPSA) is 88.0 Å². The van der Waals surface area contributed by atoms with E-state index in [1.165, 1.54) is 0 Å². The van der Waals surface area contributed by atoms with Crippen LogP contribution in [-0.2, 0) is 11.3 Å². The number of amides is 3. The van der Waals surface area contributed by atoms with Crippen molar-refractivity contribution in [2.75, 3.05) is 11.9 Å². The first-order valence-electron chi connectivity index (χ1n) is 8.47.